The number of likely N-dealkylation sites (N-methyl/N-ethyl adjacent to an activating group) is 1. The molecule has 1 heterocycles. The minimum atomic E-state index is -0.876. The minimum Gasteiger partial charge on any atom is -0.443 e. The van der Waals surface area contributed by atoms with Gasteiger partial charge in [-0.05, 0) is 26.8 Å². The molecule has 1 unspecified atom stereocenters. The zero-order valence-corrected chi connectivity index (χ0v) is 13.8. The molecule has 118 valence electrons. The highest BCUT2D eigenvalue weighted by Crippen LogP contribution is 2.31. The molecular formula is C16H19ClN2O3. The van der Waals surface area contributed by atoms with Crippen molar-refractivity contribution in [3.05, 3.63) is 36.0 Å². The molecule has 0 aliphatic carbocycles. The van der Waals surface area contributed by atoms with E-state index in [0.717, 1.165) is 5.39 Å². The molecule has 0 fully saturated rings. The van der Waals surface area contributed by atoms with Crippen molar-refractivity contribution in [1.29, 1.82) is 0 Å². The van der Waals surface area contributed by atoms with Crippen LogP contribution in [0.1, 0.15) is 31.7 Å². The lowest BCUT2D eigenvalue weighted by atomic mass is 10.1. The van der Waals surface area contributed by atoms with E-state index >= 15 is 0 Å². The summed E-state index contributed by atoms with van der Waals surface area (Å²) in [4.78, 5) is 24.1. The van der Waals surface area contributed by atoms with Crippen LogP contribution in [0.3, 0.4) is 0 Å². The first-order valence-electron chi connectivity index (χ1n) is 6.93. The van der Waals surface area contributed by atoms with E-state index in [1.165, 1.54) is 11.6 Å². The Morgan fingerprint density at radius 2 is 1.91 bits per heavy atom. The van der Waals surface area contributed by atoms with Crippen molar-refractivity contribution in [1.82, 2.24) is 9.88 Å². The molecule has 0 spiro atoms. The van der Waals surface area contributed by atoms with Crippen molar-refractivity contribution in [2.75, 3.05) is 7.05 Å². The number of para-hydroxylation sites is 1. The van der Waals surface area contributed by atoms with Crippen molar-refractivity contribution >= 4 is 34.5 Å². The van der Waals surface area contributed by atoms with Crippen LogP contribution in [-0.4, -0.2) is 29.2 Å². The van der Waals surface area contributed by atoms with Gasteiger partial charge in [-0.25, -0.2) is 4.79 Å². The first-order valence-corrected chi connectivity index (χ1v) is 7.37. The molecule has 1 aromatic carbocycles. The molecule has 1 N–H and O–H groups in total. The molecule has 0 saturated heterocycles. The third-order valence-electron chi connectivity index (χ3n) is 3.08. The topological polar surface area (TPSA) is 60.3 Å². The van der Waals surface area contributed by atoms with Crippen molar-refractivity contribution in [2.24, 2.45) is 0 Å². The predicted octanol–water partition coefficient (Wildman–Crippen LogP) is 3.45. The van der Waals surface area contributed by atoms with Crippen molar-refractivity contribution in [3.63, 3.8) is 0 Å². The molecular weight excluding hydrogens is 304 g/mol. The normalized spacial score (nSPS) is 13.0. The monoisotopic (exact) mass is 322 g/mol. The molecule has 0 bridgehead atoms. The second-order valence-electron chi connectivity index (χ2n) is 5.93. The van der Waals surface area contributed by atoms with Gasteiger partial charge >= 0.3 is 6.09 Å². The largest absolute Gasteiger partial charge is 0.443 e. The summed E-state index contributed by atoms with van der Waals surface area (Å²) in [5.74, 6) is -0.325. The molecule has 22 heavy (non-hydrogen) atoms. The Labute approximate surface area is 134 Å². The molecule has 0 aliphatic heterocycles. The number of nitrogens with one attached hydrogen (secondary N) is 1. The maximum Gasteiger partial charge on any atom is 0.419 e. The maximum atomic E-state index is 12.3. The molecule has 1 aromatic heterocycles. The fourth-order valence-electron chi connectivity index (χ4n) is 2.14. The number of alkyl halides is 1. The smallest absolute Gasteiger partial charge is 0.419 e. The number of nitrogens with zero attached hydrogens (tertiary/aromatic N) is 1. The average molecular weight is 323 g/mol. The lowest BCUT2D eigenvalue weighted by Crippen LogP contribution is -2.26. The van der Waals surface area contributed by atoms with E-state index in [1.807, 2.05) is 18.2 Å². The Bertz CT molecular complexity index is 716. The summed E-state index contributed by atoms with van der Waals surface area (Å²) in [7, 11) is 1.52. The Hall–Kier alpha value is -2.01. The summed E-state index contributed by atoms with van der Waals surface area (Å²) in [5.41, 5.74) is 0.618. The van der Waals surface area contributed by atoms with Gasteiger partial charge in [-0.15, -0.1) is 11.6 Å². The number of ether oxygens (including phenoxy) is 1. The molecule has 1 atom stereocenters. The highest BCUT2D eigenvalue weighted by Gasteiger charge is 2.25. The lowest BCUT2D eigenvalue weighted by molar-refractivity contribution is -0.120. The molecule has 1 amide bonds. The highest BCUT2D eigenvalue weighted by molar-refractivity contribution is 6.31. The number of carbonyl (C=O) groups is 2. The van der Waals surface area contributed by atoms with Crippen LogP contribution < -0.4 is 5.32 Å². The fourth-order valence-corrected chi connectivity index (χ4v) is 2.42. The summed E-state index contributed by atoms with van der Waals surface area (Å²) in [6, 6.07) is 7.26. The predicted molar refractivity (Wildman–Crippen MR) is 86.2 cm³/mol. The van der Waals surface area contributed by atoms with E-state index in [-0.39, 0.29) is 5.91 Å². The van der Waals surface area contributed by atoms with Crippen LogP contribution in [0.4, 0.5) is 4.79 Å². The van der Waals surface area contributed by atoms with Crippen molar-refractivity contribution in [2.45, 2.75) is 31.7 Å². The van der Waals surface area contributed by atoms with E-state index in [9.17, 15) is 9.59 Å². The number of rotatable bonds is 2. The number of hydrogen-bond acceptors (Lipinski definition) is 3. The zero-order valence-electron chi connectivity index (χ0n) is 13.0. The highest BCUT2D eigenvalue weighted by atomic mass is 35.5. The van der Waals surface area contributed by atoms with Gasteiger partial charge in [0.15, 0.2) is 0 Å². The van der Waals surface area contributed by atoms with E-state index in [2.05, 4.69) is 5.32 Å². The van der Waals surface area contributed by atoms with Crippen LogP contribution in [0, 0.1) is 0 Å². The van der Waals surface area contributed by atoms with Crippen LogP contribution >= 0.6 is 11.6 Å². The maximum absolute atomic E-state index is 12.3. The number of fused-ring (bicyclic) bond motifs is 1. The van der Waals surface area contributed by atoms with Crippen LogP contribution in [0.25, 0.3) is 10.9 Å². The summed E-state index contributed by atoms with van der Waals surface area (Å²) in [6.45, 7) is 5.39. The quantitative estimate of drug-likeness (QED) is 0.861. The minimum absolute atomic E-state index is 0.325. The van der Waals surface area contributed by atoms with Gasteiger partial charge in [-0.1, -0.05) is 18.2 Å². The van der Waals surface area contributed by atoms with Crippen LogP contribution in [0.5, 0.6) is 0 Å². The molecule has 5 nitrogen and oxygen atoms in total. The lowest BCUT2D eigenvalue weighted by Gasteiger charge is -2.19. The third-order valence-corrected chi connectivity index (χ3v) is 3.52. The standard InChI is InChI=1S/C16H19ClN2O3/c1-16(2,3)22-15(21)19-9-11(13(17)14(20)18-4)10-7-5-6-8-12(10)19/h5-9,13H,1-4H3,(H,18,20). The number of benzene rings is 1. The molecule has 0 saturated carbocycles. The third kappa shape index (κ3) is 3.25. The molecule has 2 rings (SSSR count). The second kappa shape index (κ2) is 6.01. The van der Waals surface area contributed by atoms with Gasteiger partial charge in [-0.2, -0.15) is 0 Å². The van der Waals surface area contributed by atoms with Gasteiger partial charge < -0.3 is 10.1 Å². The van der Waals surface area contributed by atoms with Crippen LogP contribution in [0.2, 0.25) is 0 Å². The van der Waals surface area contributed by atoms with Crippen molar-refractivity contribution < 1.29 is 14.3 Å². The van der Waals surface area contributed by atoms with Crippen LogP contribution in [-0.2, 0) is 9.53 Å². The van der Waals surface area contributed by atoms with E-state index in [4.69, 9.17) is 16.3 Å². The summed E-state index contributed by atoms with van der Waals surface area (Å²) in [5, 5.41) is 2.38. The van der Waals surface area contributed by atoms with Crippen LogP contribution in [0.15, 0.2) is 30.5 Å². The number of hydrogen-bond donors (Lipinski definition) is 1. The van der Waals surface area contributed by atoms with Gasteiger partial charge in [-0.3, -0.25) is 9.36 Å². The first kappa shape index (κ1) is 16.4. The molecule has 6 heteroatoms. The van der Waals surface area contributed by atoms with Gasteiger partial charge in [0.05, 0.1) is 5.52 Å². The number of amides is 1. The Kier molecular flexibility index (Phi) is 4.47. The average Bonchev–Trinajstić information content (AvgIpc) is 2.83. The molecule has 2 aromatic rings. The Morgan fingerprint density at radius 3 is 2.50 bits per heavy atom. The molecule has 0 radical (unpaired) electrons. The first-order chi connectivity index (χ1) is 10.2. The summed E-state index contributed by atoms with van der Waals surface area (Å²) in [6.07, 6.45) is 1.06. The van der Waals surface area contributed by atoms with E-state index < -0.39 is 17.1 Å². The summed E-state index contributed by atoms with van der Waals surface area (Å²) < 4.78 is 6.78. The Balaban J connectivity index is 2.53. The fraction of sp³-hybridized carbons (Fsp3) is 0.375. The van der Waals surface area contributed by atoms with Gasteiger partial charge in [0, 0.05) is 24.2 Å². The van der Waals surface area contributed by atoms with E-state index in [0.29, 0.717) is 11.1 Å². The van der Waals surface area contributed by atoms with Crippen molar-refractivity contribution in [3.8, 4) is 0 Å². The molecule has 0 aliphatic rings. The zero-order chi connectivity index (χ0) is 16.5. The number of aromatic nitrogens is 1. The van der Waals surface area contributed by atoms with Gasteiger partial charge in [0.2, 0.25) is 5.91 Å². The Morgan fingerprint density at radius 1 is 1.27 bits per heavy atom. The number of carbonyl (C=O) groups excluding carboxylic acids is 2. The summed E-state index contributed by atoms with van der Waals surface area (Å²) >= 11 is 6.21. The van der Waals surface area contributed by atoms with E-state index in [1.54, 1.807) is 33.0 Å². The van der Waals surface area contributed by atoms with Gasteiger partial charge in [0.1, 0.15) is 11.0 Å². The second-order valence-corrected chi connectivity index (χ2v) is 6.37. The SMILES string of the molecule is CNC(=O)C(Cl)c1cn(C(=O)OC(C)(C)C)c2ccccc12. The van der Waals surface area contributed by atoms with Gasteiger partial charge in [0.25, 0.3) is 0 Å². The number of halogens is 1.